The lowest BCUT2D eigenvalue weighted by atomic mass is 9.33. The van der Waals surface area contributed by atoms with E-state index in [4.69, 9.17) is 0 Å². The Balaban J connectivity index is 1.000. The van der Waals surface area contributed by atoms with Crippen molar-refractivity contribution in [2.45, 2.75) is 5.41 Å². The lowest BCUT2D eigenvalue weighted by Gasteiger charge is -2.44. The summed E-state index contributed by atoms with van der Waals surface area (Å²) in [6.07, 6.45) is 0. The molecule has 0 N–H and O–H groups in total. The molecule has 13 aromatic rings. The van der Waals surface area contributed by atoms with Crippen LogP contribution in [-0.2, 0) is 5.41 Å². The molecule has 13 aromatic carbocycles. The Kier molecular flexibility index (Phi) is 8.05. The third kappa shape index (κ3) is 5.25. The van der Waals surface area contributed by atoms with Crippen molar-refractivity contribution in [2.75, 3.05) is 9.80 Å². The van der Waals surface area contributed by atoms with Crippen LogP contribution >= 0.6 is 0 Å². The molecule has 3 heteroatoms. The van der Waals surface area contributed by atoms with Crippen molar-refractivity contribution >= 4 is 100 Å². The third-order valence-electron chi connectivity index (χ3n) is 17.2. The van der Waals surface area contributed by atoms with Gasteiger partial charge in [-0.05, 0) is 170 Å². The Hall–Kier alpha value is -9.44. The summed E-state index contributed by atoms with van der Waals surface area (Å²) in [7, 11) is 0. The maximum atomic E-state index is 2.58. The molecule has 0 saturated carbocycles. The molecule has 0 atom stereocenters. The zero-order chi connectivity index (χ0) is 48.2. The second-order valence-electron chi connectivity index (χ2n) is 20.7. The summed E-state index contributed by atoms with van der Waals surface area (Å²) in [6, 6.07) is 98.9. The fourth-order valence-corrected chi connectivity index (χ4v) is 14.1. The van der Waals surface area contributed by atoms with Gasteiger partial charge in [-0.3, -0.25) is 0 Å². The van der Waals surface area contributed by atoms with Crippen LogP contribution in [0.15, 0.2) is 261 Å². The van der Waals surface area contributed by atoms with Gasteiger partial charge in [0.2, 0.25) is 0 Å². The summed E-state index contributed by atoms with van der Waals surface area (Å²) < 4.78 is 0. The van der Waals surface area contributed by atoms with E-state index in [1.807, 2.05) is 0 Å². The lowest BCUT2D eigenvalue weighted by Crippen LogP contribution is -2.61. The van der Waals surface area contributed by atoms with Crippen LogP contribution in [0.1, 0.15) is 22.3 Å². The summed E-state index contributed by atoms with van der Waals surface area (Å²) >= 11 is 0. The van der Waals surface area contributed by atoms with Crippen molar-refractivity contribution in [3.05, 3.63) is 283 Å². The average Bonchev–Trinajstić information content (AvgIpc) is 3.95. The SMILES string of the molecule is c1ccc(N2c3cc4c(ccc5ccccc54)cc3B3c4cc5ccc6ccccc6c5cc4N(c4ccccc4)c4cc(-c5ccc6c(c5)C5(c7ccccc7-c7ccccc75)c5ccccc5-6)cc2c43)cc1. The maximum absolute atomic E-state index is 2.58. The van der Waals surface area contributed by atoms with Gasteiger partial charge in [-0.1, -0.05) is 206 Å². The molecule has 1 spiro atoms. The first-order valence-corrected chi connectivity index (χ1v) is 25.9. The van der Waals surface area contributed by atoms with E-state index in [-0.39, 0.29) is 6.71 Å². The third-order valence-corrected chi connectivity index (χ3v) is 17.2. The fraction of sp³-hybridized carbons (Fsp3) is 0.0141. The quantitative estimate of drug-likeness (QED) is 0.129. The number of anilines is 6. The number of fused-ring (bicyclic) bond motifs is 20. The van der Waals surface area contributed by atoms with Crippen LogP contribution < -0.4 is 26.2 Å². The largest absolute Gasteiger partial charge is 0.311 e. The smallest absolute Gasteiger partial charge is 0.252 e. The molecule has 2 aliphatic heterocycles. The van der Waals surface area contributed by atoms with Crippen LogP contribution in [-0.4, -0.2) is 6.71 Å². The zero-order valence-electron chi connectivity index (χ0n) is 40.3. The van der Waals surface area contributed by atoms with E-state index in [2.05, 4.69) is 271 Å². The highest BCUT2D eigenvalue weighted by Gasteiger charge is 2.52. The van der Waals surface area contributed by atoms with Gasteiger partial charge < -0.3 is 9.80 Å². The highest BCUT2D eigenvalue weighted by molar-refractivity contribution is 7.00. The van der Waals surface area contributed by atoms with Crippen LogP contribution in [0.5, 0.6) is 0 Å². The second kappa shape index (κ2) is 14.8. The van der Waals surface area contributed by atoms with Gasteiger partial charge in [0.25, 0.3) is 6.71 Å². The maximum Gasteiger partial charge on any atom is 0.252 e. The van der Waals surface area contributed by atoms with Crippen molar-refractivity contribution in [3.63, 3.8) is 0 Å². The van der Waals surface area contributed by atoms with Gasteiger partial charge in [0.05, 0.1) is 5.41 Å². The molecule has 0 fully saturated rings. The molecular formula is C71H43BN2. The van der Waals surface area contributed by atoms with Gasteiger partial charge in [0, 0.05) is 34.1 Å². The number of benzene rings is 13. The molecule has 74 heavy (non-hydrogen) atoms. The van der Waals surface area contributed by atoms with Crippen LogP contribution in [0.25, 0.3) is 76.5 Å². The van der Waals surface area contributed by atoms with E-state index < -0.39 is 5.41 Å². The molecule has 17 rings (SSSR count). The normalized spacial score (nSPS) is 14.0. The number of hydrogen-bond donors (Lipinski definition) is 0. The van der Waals surface area contributed by atoms with Gasteiger partial charge in [-0.15, -0.1) is 0 Å². The van der Waals surface area contributed by atoms with Crippen molar-refractivity contribution in [1.29, 1.82) is 0 Å². The van der Waals surface area contributed by atoms with E-state index in [1.54, 1.807) is 0 Å². The number of nitrogens with zero attached hydrogens (tertiary/aromatic N) is 2. The highest BCUT2D eigenvalue weighted by Crippen LogP contribution is 2.63. The van der Waals surface area contributed by atoms with Gasteiger partial charge in [-0.25, -0.2) is 0 Å². The number of rotatable bonds is 3. The lowest BCUT2D eigenvalue weighted by molar-refractivity contribution is 0.794. The minimum Gasteiger partial charge on any atom is -0.311 e. The van der Waals surface area contributed by atoms with Crippen LogP contribution in [0, 0.1) is 0 Å². The topological polar surface area (TPSA) is 6.48 Å². The molecule has 2 heterocycles. The first-order valence-electron chi connectivity index (χ1n) is 25.9. The monoisotopic (exact) mass is 934 g/mol. The molecule has 2 nitrogen and oxygen atoms in total. The Bertz CT molecular complexity index is 4320. The minimum absolute atomic E-state index is 0.0602. The summed E-state index contributed by atoms with van der Waals surface area (Å²) in [5, 5.41) is 10.0. The summed E-state index contributed by atoms with van der Waals surface area (Å²) in [5.41, 5.74) is 23.6. The molecular weight excluding hydrogens is 892 g/mol. The Morgan fingerprint density at radius 1 is 0.270 bits per heavy atom. The first-order chi connectivity index (χ1) is 36.7. The number of para-hydroxylation sites is 2. The molecule has 0 radical (unpaired) electrons. The zero-order valence-corrected chi connectivity index (χ0v) is 40.3. The van der Waals surface area contributed by atoms with Crippen molar-refractivity contribution in [3.8, 4) is 33.4 Å². The molecule has 0 unspecified atom stereocenters. The van der Waals surface area contributed by atoms with Crippen molar-refractivity contribution in [1.82, 2.24) is 0 Å². The summed E-state index contributed by atoms with van der Waals surface area (Å²) in [4.78, 5) is 5.15. The van der Waals surface area contributed by atoms with Crippen molar-refractivity contribution < 1.29 is 0 Å². The number of hydrogen-bond acceptors (Lipinski definition) is 2. The molecule has 0 bridgehead atoms. The molecule has 2 aliphatic carbocycles. The molecule has 0 aromatic heterocycles. The van der Waals surface area contributed by atoms with Gasteiger partial charge in [0.1, 0.15) is 0 Å². The van der Waals surface area contributed by atoms with E-state index in [0.29, 0.717) is 0 Å². The van der Waals surface area contributed by atoms with E-state index in [1.165, 1.54) is 138 Å². The highest BCUT2D eigenvalue weighted by atomic mass is 15.2. The predicted octanol–water partition coefficient (Wildman–Crippen LogP) is 16.4. The molecule has 0 saturated heterocycles. The van der Waals surface area contributed by atoms with Crippen LogP contribution in [0.4, 0.5) is 34.1 Å². The van der Waals surface area contributed by atoms with E-state index in [9.17, 15) is 0 Å². The molecule has 4 aliphatic rings. The van der Waals surface area contributed by atoms with E-state index in [0.717, 1.165) is 11.4 Å². The summed E-state index contributed by atoms with van der Waals surface area (Å²) in [5.74, 6) is 0. The second-order valence-corrected chi connectivity index (χ2v) is 20.7. The van der Waals surface area contributed by atoms with E-state index >= 15 is 0 Å². The Morgan fingerprint density at radius 3 is 1.19 bits per heavy atom. The molecule has 340 valence electrons. The standard InChI is InChI=1S/C71H43BN2/c1-3-19-50(20-4-1)73-66-42-58-47(33-31-44-17-7-9-23-52(44)58)38-64(66)72-65-39-48-34-32-45-18-8-10-24-53(45)59(48)43-67(65)74(51-21-5-2-6-22-51)69-41-49(40-68(73)70(69)72)46-35-36-57-56-27-13-16-30-62(56)71(63(57)37-46)60-28-14-11-25-54(60)55-26-12-15-29-61(55)71/h1-43H. The van der Waals surface area contributed by atoms with Gasteiger partial charge in [-0.2, -0.15) is 0 Å². The van der Waals surface area contributed by atoms with Gasteiger partial charge >= 0.3 is 0 Å². The summed E-state index contributed by atoms with van der Waals surface area (Å²) in [6.45, 7) is -0.0602. The van der Waals surface area contributed by atoms with Crippen LogP contribution in [0.3, 0.4) is 0 Å². The Labute approximate surface area is 429 Å². The Morgan fingerprint density at radius 2 is 0.689 bits per heavy atom. The first kappa shape index (κ1) is 40.2. The molecule has 0 amide bonds. The minimum atomic E-state index is -0.458. The van der Waals surface area contributed by atoms with Crippen LogP contribution in [0.2, 0.25) is 0 Å². The van der Waals surface area contributed by atoms with Gasteiger partial charge in [0.15, 0.2) is 0 Å². The van der Waals surface area contributed by atoms with Crippen molar-refractivity contribution in [2.24, 2.45) is 0 Å². The fourth-order valence-electron chi connectivity index (χ4n) is 14.1. The average molecular weight is 935 g/mol. The predicted molar refractivity (Wildman–Crippen MR) is 312 cm³/mol.